The van der Waals surface area contributed by atoms with E-state index in [-0.39, 0.29) is 5.78 Å². The molecule has 0 heterocycles. The lowest BCUT2D eigenvalue weighted by Gasteiger charge is -2.08. The summed E-state index contributed by atoms with van der Waals surface area (Å²) >= 11 is 3.38. The number of rotatable bonds is 5. The molecular formula is C13H17BrO. The van der Waals surface area contributed by atoms with Crippen LogP contribution in [-0.2, 0) is 0 Å². The van der Waals surface area contributed by atoms with Crippen molar-refractivity contribution in [3.8, 4) is 0 Å². The molecule has 1 unspecified atom stereocenters. The smallest absolute Gasteiger partial charge is 0.163 e. The van der Waals surface area contributed by atoms with Crippen molar-refractivity contribution in [2.75, 3.05) is 0 Å². The van der Waals surface area contributed by atoms with E-state index in [2.05, 4.69) is 29.8 Å². The largest absolute Gasteiger partial charge is 0.294 e. The Kier molecular flexibility index (Phi) is 5.03. The Morgan fingerprint density at radius 3 is 2.80 bits per heavy atom. The minimum Gasteiger partial charge on any atom is -0.294 e. The molecule has 0 aliphatic rings. The van der Waals surface area contributed by atoms with Crippen LogP contribution in [0.4, 0.5) is 0 Å². The van der Waals surface area contributed by atoms with Crippen molar-refractivity contribution in [1.82, 2.24) is 0 Å². The highest BCUT2D eigenvalue weighted by atomic mass is 79.9. The maximum Gasteiger partial charge on any atom is 0.163 e. The van der Waals surface area contributed by atoms with Crippen LogP contribution in [0.15, 0.2) is 28.7 Å². The molecule has 82 valence electrons. The van der Waals surface area contributed by atoms with Gasteiger partial charge < -0.3 is 0 Å². The maximum absolute atomic E-state index is 11.9. The van der Waals surface area contributed by atoms with Gasteiger partial charge in [0.25, 0.3) is 0 Å². The van der Waals surface area contributed by atoms with Crippen LogP contribution >= 0.6 is 15.9 Å². The van der Waals surface area contributed by atoms with E-state index in [4.69, 9.17) is 0 Å². The third-order valence-electron chi connectivity index (χ3n) is 2.46. The molecule has 0 amide bonds. The number of hydrogen-bond acceptors (Lipinski definition) is 1. The summed E-state index contributed by atoms with van der Waals surface area (Å²) in [6.45, 7) is 4.29. The number of hydrogen-bond donors (Lipinski definition) is 0. The second-order valence-electron chi connectivity index (χ2n) is 4.03. The van der Waals surface area contributed by atoms with Crippen molar-refractivity contribution in [3.63, 3.8) is 0 Å². The molecule has 0 saturated carbocycles. The van der Waals surface area contributed by atoms with E-state index in [1.807, 2.05) is 24.3 Å². The molecule has 1 rings (SSSR count). The maximum atomic E-state index is 11.9. The van der Waals surface area contributed by atoms with Crippen LogP contribution in [0.5, 0.6) is 0 Å². The molecule has 0 N–H and O–H groups in total. The highest BCUT2D eigenvalue weighted by Crippen LogP contribution is 2.17. The molecule has 0 aromatic heterocycles. The fourth-order valence-electron chi connectivity index (χ4n) is 1.69. The molecule has 0 fully saturated rings. The molecule has 0 saturated heterocycles. The van der Waals surface area contributed by atoms with E-state index in [1.165, 1.54) is 0 Å². The van der Waals surface area contributed by atoms with E-state index in [0.717, 1.165) is 22.9 Å². The van der Waals surface area contributed by atoms with Crippen LogP contribution in [0.2, 0.25) is 0 Å². The number of carbonyl (C=O) groups is 1. The van der Waals surface area contributed by atoms with Crippen LogP contribution in [0, 0.1) is 5.92 Å². The summed E-state index contributed by atoms with van der Waals surface area (Å²) in [5.74, 6) is 0.735. The molecule has 1 aromatic rings. The average Bonchev–Trinajstić information content (AvgIpc) is 2.18. The number of benzene rings is 1. The lowest BCUT2D eigenvalue weighted by Crippen LogP contribution is -2.05. The number of carbonyl (C=O) groups excluding carboxylic acids is 1. The zero-order chi connectivity index (χ0) is 11.3. The molecule has 0 aliphatic heterocycles. The zero-order valence-corrected chi connectivity index (χ0v) is 10.9. The molecular weight excluding hydrogens is 252 g/mol. The third-order valence-corrected chi connectivity index (χ3v) is 2.96. The summed E-state index contributed by atoms with van der Waals surface area (Å²) in [6, 6.07) is 7.61. The lowest BCUT2D eigenvalue weighted by molar-refractivity contribution is 0.0962. The molecule has 2 heteroatoms. The van der Waals surface area contributed by atoms with Gasteiger partial charge in [-0.3, -0.25) is 4.79 Å². The summed E-state index contributed by atoms with van der Waals surface area (Å²) < 4.78 is 0.969. The first-order chi connectivity index (χ1) is 7.13. The average molecular weight is 269 g/mol. The summed E-state index contributed by atoms with van der Waals surface area (Å²) in [5, 5.41) is 0. The van der Waals surface area contributed by atoms with E-state index in [0.29, 0.717) is 12.3 Å². The number of Topliss-reactive ketones (excluding diaryl/α,β-unsaturated/α-hetero) is 1. The van der Waals surface area contributed by atoms with Gasteiger partial charge in [-0.15, -0.1) is 0 Å². The van der Waals surface area contributed by atoms with Crippen LogP contribution in [0.25, 0.3) is 0 Å². The van der Waals surface area contributed by atoms with Crippen molar-refractivity contribution in [2.45, 2.75) is 33.1 Å². The number of ketones is 1. The predicted molar refractivity (Wildman–Crippen MR) is 67.2 cm³/mol. The van der Waals surface area contributed by atoms with Gasteiger partial charge in [0.05, 0.1) is 0 Å². The monoisotopic (exact) mass is 268 g/mol. The van der Waals surface area contributed by atoms with Crippen molar-refractivity contribution in [2.24, 2.45) is 5.92 Å². The Bertz CT molecular complexity index is 333. The summed E-state index contributed by atoms with van der Waals surface area (Å²) in [6.07, 6.45) is 2.93. The quantitative estimate of drug-likeness (QED) is 0.721. The van der Waals surface area contributed by atoms with E-state index < -0.39 is 0 Å². The van der Waals surface area contributed by atoms with Gasteiger partial charge in [0.1, 0.15) is 0 Å². The Balaban J connectivity index is 2.61. The first kappa shape index (κ1) is 12.4. The Morgan fingerprint density at radius 2 is 2.20 bits per heavy atom. The third kappa shape index (κ3) is 4.17. The fourth-order valence-corrected chi connectivity index (χ4v) is 2.09. The summed E-state index contributed by atoms with van der Waals surface area (Å²) in [4.78, 5) is 11.9. The molecule has 1 aromatic carbocycles. The standard InChI is InChI=1S/C13H17BrO/c1-3-5-10(2)8-13(15)11-6-4-7-12(14)9-11/h4,6-7,9-10H,3,5,8H2,1-2H3. The van der Waals surface area contributed by atoms with Gasteiger partial charge in [-0.1, -0.05) is 54.8 Å². The van der Waals surface area contributed by atoms with Gasteiger partial charge in [-0.05, 0) is 18.1 Å². The van der Waals surface area contributed by atoms with Gasteiger partial charge in [-0.2, -0.15) is 0 Å². The normalized spacial score (nSPS) is 12.5. The molecule has 0 spiro atoms. The van der Waals surface area contributed by atoms with Crippen LogP contribution in [-0.4, -0.2) is 5.78 Å². The predicted octanol–water partition coefficient (Wildman–Crippen LogP) is 4.46. The van der Waals surface area contributed by atoms with Crippen LogP contribution < -0.4 is 0 Å². The van der Waals surface area contributed by atoms with Gasteiger partial charge in [0.15, 0.2) is 5.78 Å². The fraction of sp³-hybridized carbons (Fsp3) is 0.462. The minimum atomic E-state index is 0.247. The van der Waals surface area contributed by atoms with E-state index >= 15 is 0 Å². The number of halogens is 1. The molecule has 0 aliphatic carbocycles. The van der Waals surface area contributed by atoms with Gasteiger partial charge in [0.2, 0.25) is 0 Å². The molecule has 1 nitrogen and oxygen atoms in total. The van der Waals surface area contributed by atoms with Gasteiger partial charge in [0, 0.05) is 16.5 Å². The molecule has 15 heavy (non-hydrogen) atoms. The van der Waals surface area contributed by atoms with Gasteiger partial charge >= 0.3 is 0 Å². The van der Waals surface area contributed by atoms with Crippen molar-refractivity contribution in [1.29, 1.82) is 0 Å². The first-order valence-electron chi connectivity index (χ1n) is 5.42. The second kappa shape index (κ2) is 6.06. The van der Waals surface area contributed by atoms with Gasteiger partial charge in [-0.25, -0.2) is 0 Å². The van der Waals surface area contributed by atoms with E-state index in [9.17, 15) is 4.79 Å². The Labute approximate surface area is 100 Å². The summed E-state index contributed by atoms with van der Waals surface area (Å²) in [5.41, 5.74) is 0.812. The highest BCUT2D eigenvalue weighted by Gasteiger charge is 2.10. The van der Waals surface area contributed by atoms with Crippen molar-refractivity contribution in [3.05, 3.63) is 34.3 Å². The Morgan fingerprint density at radius 1 is 1.47 bits per heavy atom. The first-order valence-corrected chi connectivity index (χ1v) is 6.21. The molecule has 1 atom stereocenters. The van der Waals surface area contributed by atoms with Crippen molar-refractivity contribution < 1.29 is 4.79 Å². The Hall–Kier alpha value is -0.630. The van der Waals surface area contributed by atoms with Crippen LogP contribution in [0.3, 0.4) is 0 Å². The van der Waals surface area contributed by atoms with Crippen LogP contribution in [0.1, 0.15) is 43.5 Å². The summed E-state index contributed by atoms with van der Waals surface area (Å²) in [7, 11) is 0. The van der Waals surface area contributed by atoms with Crippen molar-refractivity contribution >= 4 is 21.7 Å². The highest BCUT2D eigenvalue weighted by molar-refractivity contribution is 9.10. The second-order valence-corrected chi connectivity index (χ2v) is 4.95. The zero-order valence-electron chi connectivity index (χ0n) is 9.29. The molecule has 0 bridgehead atoms. The minimum absolute atomic E-state index is 0.247. The SMILES string of the molecule is CCCC(C)CC(=O)c1cccc(Br)c1. The lowest BCUT2D eigenvalue weighted by atomic mass is 9.96. The topological polar surface area (TPSA) is 17.1 Å². The van der Waals surface area contributed by atoms with E-state index in [1.54, 1.807) is 0 Å². The molecule has 0 radical (unpaired) electrons.